The number of hydrogen-bond acceptors (Lipinski definition) is 5. The van der Waals surface area contributed by atoms with Gasteiger partial charge in [0.2, 0.25) is 0 Å². The van der Waals surface area contributed by atoms with Gasteiger partial charge in [0.25, 0.3) is 0 Å². The lowest BCUT2D eigenvalue weighted by molar-refractivity contribution is -0.137. The topological polar surface area (TPSA) is 89.9 Å². The summed E-state index contributed by atoms with van der Waals surface area (Å²) in [5.41, 5.74) is 7.18. The maximum atomic E-state index is 11.7. The number of sulfone groups is 1. The van der Waals surface area contributed by atoms with E-state index < -0.39 is 15.8 Å². The van der Waals surface area contributed by atoms with Crippen molar-refractivity contribution in [2.45, 2.75) is 58.0 Å². The summed E-state index contributed by atoms with van der Waals surface area (Å²) in [6, 6.07) is 20.6. The Kier molecular flexibility index (Phi) is 8.26. The van der Waals surface area contributed by atoms with E-state index in [1.807, 2.05) is 37.3 Å². The van der Waals surface area contributed by atoms with E-state index in [0.717, 1.165) is 41.9 Å². The van der Waals surface area contributed by atoms with Crippen LogP contribution in [0.5, 0.6) is 11.5 Å². The highest BCUT2D eigenvalue weighted by molar-refractivity contribution is 7.91. The van der Waals surface area contributed by atoms with Gasteiger partial charge in [0.05, 0.1) is 24.5 Å². The zero-order valence-electron chi connectivity index (χ0n) is 22.4. The van der Waals surface area contributed by atoms with Gasteiger partial charge in [-0.25, -0.2) is 8.42 Å². The molecule has 1 unspecified atom stereocenters. The highest BCUT2D eigenvalue weighted by Gasteiger charge is 2.24. The minimum atomic E-state index is -2.86. The number of fused-ring (bicyclic) bond motifs is 3. The molecule has 1 aliphatic heterocycles. The van der Waals surface area contributed by atoms with Crippen molar-refractivity contribution in [3.05, 3.63) is 82.9 Å². The van der Waals surface area contributed by atoms with Gasteiger partial charge in [-0.15, -0.1) is 0 Å². The Labute approximate surface area is 230 Å². The van der Waals surface area contributed by atoms with Crippen LogP contribution in [0.4, 0.5) is 0 Å². The lowest BCUT2D eigenvalue weighted by atomic mass is 9.95. The number of ether oxygens (including phenoxy) is 2. The van der Waals surface area contributed by atoms with E-state index in [0.29, 0.717) is 32.0 Å². The molecule has 1 fully saturated rings. The van der Waals surface area contributed by atoms with Crippen LogP contribution in [-0.2, 0) is 34.1 Å². The van der Waals surface area contributed by atoms with Crippen molar-refractivity contribution in [3.63, 3.8) is 0 Å². The van der Waals surface area contributed by atoms with Crippen molar-refractivity contribution in [2.24, 2.45) is 5.92 Å². The van der Waals surface area contributed by atoms with Crippen molar-refractivity contribution in [1.29, 1.82) is 0 Å². The minimum absolute atomic E-state index is 0.0433. The van der Waals surface area contributed by atoms with E-state index in [1.54, 1.807) is 0 Å². The number of benzene rings is 3. The molecule has 0 aromatic heterocycles. The molecular weight excluding hydrogens is 512 g/mol. The van der Waals surface area contributed by atoms with Crippen LogP contribution in [0.2, 0.25) is 0 Å². The molecule has 0 radical (unpaired) electrons. The van der Waals surface area contributed by atoms with Gasteiger partial charge in [0, 0.05) is 0 Å². The Morgan fingerprint density at radius 3 is 2.36 bits per heavy atom. The van der Waals surface area contributed by atoms with Crippen molar-refractivity contribution in [1.82, 2.24) is 0 Å². The summed E-state index contributed by atoms with van der Waals surface area (Å²) >= 11 is 0. The zero-order chi connectivity index (χ0) is 27.4. The second kappa shape index (κ2) is 11.8. The van der Waals surface area contributed by atoms with E-state index in [2.05, 4.69) is 30.3 Å². The standard InChI is InChI=1S/C32H36O6S/c1-22(17-32(33)34)25-7-9-28(10-8-25)37-21-24-5-6-26-3-2-4-27-19-29(11-12-30(27)31(26)18-24)38-20-23-13-15-39(35,36)16-14-23/h5-12,18-19,22-23H,2-4,13-17,20-21H2,1H3,(H,33,34). The number of carboxylic acid groups (broad SMARTS) is 1. The molecule has 0 saturated carbocycles. The van der Waals surface area contributed by atoms with Gasteiger partial charge in [0.1, 0.15) is 27.9 Å². The van der Waals surface area contributed by atoms with Crippen molar-refractivity contribution >= 4 is 15.8 Å². The maximum Gasteiger partial charge on any atom is 0.303 e. The van der Waals surface area contributed by atoms with Gasteiger partial charge >= 0.3 is 5.97 Å². The Balaban J connectivity index is 1.24. The lowest BCUT2D eigenvalue weighted by Crippen LogP contribution is -2.26. The molecule has 206 valence electrons. The zero-order valence-corrected chi connectivity index (χ0v) is 23.2. The van der Waals surface area contributed by atoms with Gasteiger partial charge in [0.15, 0.2) is 0 Å². The Hall–Kier alpha value is -3.32. The van der Waals surface area contributed by atoms with Gasteiger partial charge in [-0.3, -0.25) is 4.79 Å². The van der Waals surface area contributed by atoms with Gasteiger partial charge < -0.3 is 14.6 Å². The average Bonchev–Trinajstić information content (AvgIpc) is 3.10. The summed E-state index contributed by atoms with van der Waals surface area (Å²) < 4.78 is 35.6. The first kappa shape index (κ1) is 27.3. The summed E-state index contributed by atoms with van der Waals surface area (Å²) in [7, 11) is -2.86. The van der Waals surface area contributed by atoms with Crippen LogP contribution in [0.3, 0.4) is 0 Å². The second-order valence-corrected chi connectivity index (χ2v) is 13.2. The molecule has 1 saturated heterocycles. The van der Waals surface area contributed by atoms with Gasteiger partial charge in [-0.2, -0.15) is 0 Å². The molecule has 1 aliphatic carbocycles. The third kappa shape index (κ3) is 7.01. The summed E-state index contributed by atoms with van der Waals surface area (Å²) in [6.07, 6.45) is 4.55. The first-order valence-corrected chi connectivity index (χ1v) is 15.6. The molecule has 39 heavy (non-hydrogen) atoms. The van der Waals surface area contributed by atoms with Crippen LogP contribution in [0, 0.1) is 5.92 Å². The second-order valence-electron chi connectivity index (χ2n) is 10.9. The van der Waals surface area contributed by atoms with Crippen LogP contribution in [0.25, 0.3) is 11.1 Å². The van der Waals surface area contributed by atoms with E-state index in [-0.39, 0.29) is 23.8 Å². The molecule has 3 aromatic carbocycles. The number of carboxylic acids is 1. The largest absolute Gasteiger partial charge is 0.493 e. The molecule has 7 heteroatoms. The third-order valence-electron chi connectivity index (χ3n) is 7.93. The van der Waals surface area contributed by atoms with E-state index in [1.165, 1.54) is 22.3 Å². The summed E-state index contributed by atoms with van der Waals surface area (Å²) in [4.78, 5) is 11.0. The number of rotatable bonds is 9. The normalized spacial score (nSPS) is 17.4. The molecule has 0 spiro atoms. The van der Waals surface area contributed by atoms with Crippen molar-refractivity contribution in [2.75, 3.05) is 18.1 Å². The van der Waals surface area contributed by atoms with Gasteiger partial charge in [-0.1, -0.05) is 37.3 Å². The number of aliphatic carboxylic acids is 1. The van der Waals surface area contributed by atoms with Gasteiger partial charge in [-0.05, 0) is 108 Å². The highest BCUT2D eigenvalue weighted by Crippen LogP contribution is 2.36. The fourth-order valence-electron chi connectivity index (χ4n) is 5.54. The van der Waals surface area contributed by atoms with Crippen LogP contribution < -0.4 is 9.47 Å². The maximum absolute atomic E-state index is 11.7. The smallest absolute Gasteiger partial charge is 0.303 e. The predicted molar refractivity (Wildman–Crippen MR) is 152 cm³/mol. The van der Waals surface area contributed by atoms with Crippen LogP contribution in [0.1, 0.15) is 60.8 Å². The molecule has 5 rings (SSSR count). The Bertz CT molecular complexity index is 1410. The van der Waals surface area contributed by atoms with Crippen LogP contribution in [-0.4, -0.2) is 37.6 Å². The molecule has 1 atom stereocenters. The summed E-state index contributed by atoms with van der Waals surface area (Å²) in [5.74, 6) is 1.60. The van der Waals surface area contributed by atoms with Crippen LogP contribution >= 0.6 is 0 Å². The first-order chi connectivity index (χ1) is 18.8. The number of hydrogen-bond donors (Lipinski definition) is 1. The van der Waals surface area contributed by atoms with E-state index in [9.17, 15) is 13.2 Å². The predicted octanol–water partition coefficient (Wildman–Crippen LogP) is 6.20. The third-order valence-corrected chi connectivity index (χ3v) is 9.64. The Morgan fingerprint density at radius 1 is 0.897 bits per heavy atom. The fourth-order valence-corrected chi connectivity index (χ4v) is 7.13. The van der Waals surface area contributed by atoms with Crippen molar-refractivity contribution < 1.29 is 27.8 Å². The quantitative estimate of drug-likeness (QED) is 0.342. The summed E-state index contributed by atoms with van der Waals surface area (Å²) in [6.45, 7) is 2.93. The SMILES string of the molecule is CC(CC(=O)O)c1ccc(OCc2ccc3c(c2)-c2ccc(OCC4CCS(=O)(=O)CC4)cc2CCC3)cc1. The monoisotopic (exact) mass is 548 g/mol. The van der Waals surface area contributed by atoms with E-state index >= 15 is 0 Å². The molecule has 3 aromatic rings. The Morgan fingerprint density at radius 2 is 1.62 bits per heavy atom. The highest BCUT2D eigenvalue weighted by atomic mass is 32.2. The summed E-state index contributed by atoms with van der Waals surface area (Å²) in [5, 5.41) is 9.03. The van der Waals surface area contributed by atoms with Crippen molar-refractivity contribution in [3.8, 4) is 22.6 Å². The van der Waals surface area contributed by atoms with E-state index in [4.69, 9.17) is 14.6 Å². The lowest BCUT2D eigenvalue weighted by Gasteiger charge is -2.22. The molecule has 1 N–H and O–H groups in total. The molecule has 6 nitrogen and oxygen atoms in total. The first-order valence-electron chi connectivity index (χ1n) is 13.8. The molecular formula is C32H36O6S. The number of aryl methyl sites for hydroxylation is 2. The minimum Gasteiger partial charge on any atom is -0.493 e. The molecule has 0 bridgehead atoms. The molecule has 2 aliphatic rings. The average molecular weight is 549 g/mol. The fraction of sp³-hybridized carbons (Fsp3) is 0.406. The molecule has 0 amide bonds. The molecule has 1 heterocycles. The van der Waals surface area contributed by atoms with Crippen LogP contribution in [0.15, 0.2) is 60.7 Å². The number of carbonyl (C=O) groups is 1.